The number of nitrogens with two attached hydrogens (primary N) is 1. The van der Waals surface area contributed by atoms with Gasteiger partial charge in [-0.3, -0.25) is 0 Å². The Labute approximate surface area is 362 Å². The van der Waals surface area contributed by atoms with Crippen molar-refractivity contribution in [3.8, 4) is 0 Å². The zero-order valence-corrected chi connectivity index (χ0v) is 38.2. The van der Waals surface area contributed by atoms with E-state index in [1.54, 1.807) is 52.0 Å². The number of cyclic esters (lactones) is 1. The van der Waals surface area contributed by atoms with Crippen molar-refractivity contribution in [3.63, 3.8) is 0 Å². The highest BCUT2D eigenvalue weighted by Crippen LogP contribution is 2.42. The Bertz CT molecular complexity index is 1570. The number of rotatable bonds is 11. The van der Waals surface area contributed by atoms with Crippen molar-refractivity contribution in [1.82, 2.24) is 0 Å². The van der Waals surface area contributed by atoms with Gasteiger partial charge in [0.1, 0.15) is 12.2 Å². The van der Waals surface area contributed by atoms with Crippen LogP contribution in [0.25, 0.3) is 0 Å². The molecule has 61 heavy (non-hydrogen) atoms. The lowest BCUT2D eigenvalue weighted by molar-refractivity contribution is -0.338. The molecule has 7 N–H and O–H groups in total. The van der Waals surface area contributed by atoms with Gasteiger partial charge in [-0.15, -0.1) is 0 Å². The number of hydrogen-bond donors (Lipinski definition) is 6. The molecular weight excluding hydrogens is 790 g/mol. The summed E-state index contributed by atoms with van der Waals surface area (Å²) in [5.74, 6) is -6.00. The van der Waals surface area contributed by atoms with E-state index in [0.29, 0.717) is 18.4 Å². The molecule has 0 aromatic heterocycles. The van der Waals surface area contributed by atoms with Gasteiger partial charge in [0.25, 0.3) is 0 Å². The van der Waals surface area contributed by atoms with Crippen LogP contribution < -0.4 is 5.73 Å². The Morgan fingerprint density at radius 1 is 1.10 bits per heavy atom. The van der Waals surface area contributed by atoms with Crippen molar-refractivity contribution < 1.29 is 68.3 Å². The number of amides is 1. The maximum absolute atomic E-state index is 13.9. The molecule has 2 saturated heterocycles. The first kappa shape index (κ1) is 52.2. The van der Waals surface area contributed by atoms with Crippen LogP contribution in [0.3, 0.4) is 0 Å². The molecule has 0 radical (unpaired) electrons. The van der Waals surface area contributed by atoms with Crippen LogP contribution in [0.5, 0.6) is 0 Å². The lowest BCUT2D eigenvalue weighted by atomic mass is 9.77. The van der Waals surface area contributed by atoms with Crippen molar-refractivity contribution in [3.05, 3.63) is 59.4 Å². The lowest BCUT2D eigenvalue weighted by Gasteiger charge is -2.49. The van der Waals surface area contributed by atoms with E-state index in [2.05, 4.69) is 0 Å². The molecule has 2 fully saturated rings. The summed E-state index contributed by atoms with van der Waals surface area (Å²) >= 11 is 0. The molecule has 0 aromatic rings. The number of hydrogen-bond acceptors (Lipinski definition) is 14. The minimum atomic E-state index is -1.97. The summed E-state index contributed by atoms with van der Waals surface area (Å²) in [7, 11) is 2.81. The van der Waals surface area contributed by atoms with Crippen LogP contribution in [-0.2, 0) is 38.0 Å². The quantitative estimate of drug-likeness (QED) is 0.119. The standard InChI is InChI=1S/C46H75NO14/c1-13-16-34-28(7)37(58-38-22-33(48)43(31(10)57-38)60-45(47)53)23-46(54,61-34)30(9)41(51)29(8)42-35(55-11)18-15-17-24(3)19-26(5)39(49)32(14-2)40(50)27(6)20-25(4)21-36(56-12)44(52)59-42/h13,15-18,20-21,26-35,37-43,48-51,54H,14,19,22-23H2,1-12H3,(H2,47,53)/b16-13+,18-15?,24-17?,25-20?,36-21?/t26-,27-,28-,29?,30+,31-,32?,33-,34-,35+,37-,38+,39+,40+,41?,42-,43-,46-/m1/s1. The van der Waals surface area contributed by atoms with Gasteiger partial charge >= 0.3 is 12.1 Å². The number of allylic oxidation sites excluding steroid dienone is 6. The van der Waals surface area contributed by atoms with E-state index in [-0.39, 0.29) is 42.3 Å². The zero-order valence-electron chi connectivity index (χ0n) is 38.2. The molecule has 3 rings (SSSR count). The van der Waals surface area contributed by atoms with E-state index < -0.39 is 97.0 Å². The Morgan fingerprint density at radius 3 is 2.34 bits per heavy atom. The Kier molecular flexibility index (Phi) is 20.1. The van der Waals surface area contributed by atoms with Crippen LogP contribution in [0.1, 0.15) is 94.9 Å². The van der Waals surface area contributed by atoms with Gasteiger partial charge in [-0.2, -0.15) is 0 Å². The second kappa shape index (κ2) is 23.5. The molecule has 1 amide bonds. The molecule has 0 aliphatic carbocycles. The first-order chi connectivity index (χ1) is 28.6. The maximum atomic E-state index is 13.9. The van der Waals surface area contributed by atoms with Crippen molar-refractivity contribution in [2.45, 2.75) is 168 Å². The molecule has 15 heteroatoms. The highest BCUT2D eigenvalue weighted by atomic mass is 16.7. The van der Waals surface area contributed by atoms with E-state index in [4.69, 9.17) is 38.9 Å². The Morgan fingerprint density at radius 2 is 1.77 bits per heavy atom. The van der Waals surface area contributed by atoms with Gasteiger partial charge in [-0.25, -0.2) is 9.59 Å². The number of primary amides is 1. The minimum absolute atomic E-state index is 0.0313. The van der Waals surface area contributed by atoms with Crippen molar-refractivity contribution in [1.29, 1.82) is 0 Å². The Balaban J connectivity index is 2.00. The average Bonchev–Trinajstić information content (AvgIpc) is 3.19. The number of esters is 1. The normalized spacial score (nSPS) is 39.1. The van der Waals surface area contributed by atoms with Gasteiger partial charge in [0.05, 0.1) is 49.8 Å². The van der Waals surface area contributed by atoms with E-state index in [0.717, 1.165) is 5.57 Å². The molecule has 0 saturated carbocycles. The molecule has 18 atom stereocenters. The Hall–Kier alpha value is -3.12. The topological polar surface area (TPSA) is 226 Å². The summed E-state index contributed by atoms with van der Waals surface area (Å²) in [6.45, 7) is 18.2. The first-order valence-electron chi connectivity index (χ1n) is 21.7. The fourth-order valence-corrected chi connectivity index (χ4v) is 8.94. The predicted molar refractivity (Wildman–Crippen MR) is 228 cm³/mol. The SMILES string of the molecule is C/C=C/[C@H]1O[C@@](O)([C@@H](C)C(O)C(C)[C@H]2OC(=O)C(OC)=CC(C)=C[C@@H](C)[C@H](O)C(CC)[C@@H](O)[C@H](C)CC(C)=CC=C[C@@H]2OC)C[C@@H](O[C@H]2C[C@@H](O)[C@H](OC(N)=O)[C@@H](C)O2)[C@@H]1C. The molecule has 0 aromatic carbocycles. The summed E-state index contributed by atoms with van der Waals surface area (Å²) in [6, 6.07) is 0. The molecule has 3 heterocycles. The van der Waals surface area contributed by atoms with Crippen molar-refractivity contribution in [2.24, 2.45) is 41.2 Å². The van der Waals surface area contributed by atoms with Crippen molar-refractivity contribution in [2.75, 3.05) is 14.2 Å². The molecule has 348 valence electrons. The minimum Gasteiger partial charge on any atom is -0.490 e. The highest BCUT2D eigenvalue weighted by Gasteiger charge is 2.52. The monoisotopic (exact) mass is 866 g/mol. The molecule has 3 aliphatic rings. The van der Waals surface area contributed by atoms with Crippen molar-refractivity contribution >= 4 is 12.1 Å². The molecule has 3 unspecified atom stereocenters. The third kappa shape index (κ3) is 13.7. The largest absolute Gasteiger partial charge is 0.490 e. The maximum Gasteiger partial charge on any atom is 0.404 e. The van der Waals surface area contributed by atoms with Crippen LogP contribution in [0.15, 0.2) is 59.4 Å². The molecular formula is C46H75NO14. The summed E-state index contributed by atoms with van der Waals surface area (Å²) in [5.41, 5.74) is 6.78. The number of carbonyl (C=O) groups is 2. The second-order valence-corrected chi connectivity index (χ2v) is 17.5. The van der Waals surface area contributed by atoms with Gasteiger partial charge in [-0.1, -0.05) is 89.1 Å². The number of methoxy groups -OCH3 is 2. The van der Waals surface area contributed by atoms with Crippen LogP contribution in [0, 0.1) is 35.5 Å². The lowest BCUT2D eigenvalue weighted by Crippen LogP contribution is -2.59. The van der Waals surface area contributed by atoms with Gasteiger partial charge in [0.15, 0.2) is 18.2 Å². The van der Waals surface area contributed by atoms with E-state index in [1.165, 1.54) is 20.3 Å². The van der Waals surface area contributed by atoms with Crippen LogP contribution in [0.4, 0.5) is 4.79 Å². The molecule has 15 nitrogen and oxygen atoms in total. The summed E-state index contributed by atoms with van der Waals surface area (Å²) in [5, 5.41) is 58.0. The fourth-order valence-electron chi connectivity index (χ4n) is 8.94. The van der Waals surface area contributed by atoms with Crippen LogP contribution in [0.2, 0.25) is 0 Å². The van der Waals surface area contributed by atoms with Crippen LogP contribution >= 0.6 is 0 Å². The van der Waals surface area contributed by atoms with E-state index >= 15 is 0 Å². The summed E-state index contributed by atoms with van der Waals surface area (Å²) in [4.78, 5) is 25.4. The fraction of sp³-hybridized carbons (Fsp3) is 0.739. The molecule has 0 bridgehead atoms. The third-order valence-corrected chi connectivity index (χ3v) is 12.8. The number of carbonyl (C=O) groups excluding carboxylic acids is 2. The number of aliphatic hydroxyl groups is 5. The predicted octanol–water partition coefficient (Wildman–Crippen LogP) is 4.98. The smallest absolute Gasteiger partial charge is 0.404 e. The zero-order chi connectivity index (χ0) is 45.9. The van der Waals surface area contributed by atoms with Crippen LogP contribution in [-0.4, -0.2) is 125 Å². The number of ether oxygens (including phenoxy) is 7. The van der Waals surface area contributed by atoms with E-state index in [9.17, 15) is 35.1 Å². The van der Waals surface area contributed by atoms with E-state index in [1.807, 2.05) is 53.7 Å². The van der Waals surface area contributed by atoms with Gasteiger partial charge in [0.2, 0.25) is 5.76 Å². The summed E-state index contributed by atoms with van der Waals surface area (Å²) in [6.07, 6.45) is 2.20. The summed E-state index contributed by atoms with van der Waals surface area (Å²) < 4.78 is 41.4. The van der Waals surface area contributed by atoms with Gasteiger partial charge < -0.3 is 64.4 Å². The molecule has 0 spiro atoms. The average molecular weight is 866 g/mol. The highest BCUT2D eigenvalue weighted by molar-refractivity contribution is 5.87. The number of aliphatic hydroxyl groups excluding tert-OH is 4. The van der Waals surface area contributed by atoms with Gasteiger partial charge in [0, 0.05) is 49.5 Å². The second-order valence-electron chi connectivity index (χ2n) is 17.5. The first-order valence-corrected chi connectivity index (χ1v) is 21.7. The van der Waals surface area contributed by atoms with Gasteiger partial charge in [-0.05, 0) is 52.5 Å². The molecule has 3 aliphatic heterocycles. The third-order valence-electron chi connectivity index (χ3n) is 12.8.